The molecule has 0 atom stereocenters. The van der Waals surface area contributed by atoms with Crippen molar-refractivity contribution in [3.8, 4) is 11.1 Å². The molecule has 1 amide bonds. The fourth-order valence-electron chi connectivity index (χ4n) is 4.75. The Morgan fingerprint density at radius 3 is 2.28 bits per heavy atom. The topological polar surface area (TPSA) is 66.4 Å². The zero-order chi connectivity index (χ0) is 22.7. The number of carbonyl (C=O) groups excluding carboxylic acids is 1. The maximum Gasteiger partial charge on any atom is 0.306 e. The smallest absolute Gasteiger partial charge is 0.306 e. The molecule has 1 saturated carbocycles. The van der Waals surface area contributed by atoms with Gasteiger partial charge in [-0.3, -0.25) is 9.59 Å². The predicted octanol–water partition coefficient (Wildman–Crippen LogP) is 6.00. The minimum Gasteiger partial charge on any atom is -0.481 e. The van der Waals surface area contributed by atoms with Crippen LogP contribution in [0, 0.1) is 19.8 Å². The Labute approximate surface area is 193 Å². The number of thiophene rings is 1. The van der Waals surface area contributed by atoms with Crippen LogP contribution in [0.1, 0.15) is 56.9 Å². The van der Waals surface area contributed by atoms with Crippen LogP contribution in [0.4, 0.5) is 0 Å². The van der Waals surface area contributed by atoms with E-state index in [0.29, 0.717) is 19.3 Å². The van der Waals surface area contributed by atoms with E-state index < -0.39 is 5.97 Å². The molecule has 1 fully saturated rings. The Hall–Kier alpha value is -2.92. The summed E-state index contributed by atoms with van der Waals surface area (Å²) < 4.78 is 0. The Morgan fingerprint density at radius 2 is 1.59 bits per heavy atom. The Bertz CT molecular complexity index is 1110. The van der Waals surface area contributed by atoms with Crippen molar-refractivity contribution in [2.45, 2.75) is 52.0 Å². The summed E-state index contributed by atoms with van der Waals surface area (Å²) >= 11 is 1.67. The molecule has 2 N–H and O–H groups in total. The average molecular weight is 448 g/mol. The number of nitrogens with one attached hydrogen (secondary N) is 1. The Kier molecular flexibility index (Phi) is 6.75. The fourth-order valence-corrected chi connectivity index (χ4v) is 5.82. The molecule has 1 heterocycles. The van der Waals surface area contributed by atoms with E-state index in [1.54, 1.807) is 11.3 Å². The summed E-state index contributed by atoms with van der Waals surface area (Å²) in [7, 11) is 0. The van der Waals surface area contributed by atoms with Crippen molar-refractivity contribution in [2.24, 2.45) is 5.92 Å². The second-order valence-corrected chi connectivity index (χ2v) is 10.1. The lowest BCUT2D eigenvalue weighted by Gasteiger charge is -2.27. The van der Waals surface area contributed by atoms with Crippen LogP contribution in [0.2, 0.25) is 0 Å². The van der Waals surface area contributed by atoms with E-state index in [4.69, 9.17) is 0 Å². The van der Waals surface area contributed by atoms with Gasteiger partial charge >= 0.3 is 5.97 Å². The molecule has 166 valence electrons. The third-order valence-corrected chi connectivity index (χ3v) is 7.56. The number of benzene rings is 2. The van der Waals surface area contributed by atoms with Gasteiger partial charge in [-0.2, -0.15) is 0 Å². The standard InChI is InChI=1S/C27H29NO3S/c1-17-24(16-21-10-6-7-11-23(21)19-8-4-3-5-9-19)25(18(2)32-17)26(29)28-22-14-12-20(13-15-22)27(30)31/h3-11,20,22H,12-16H2,1-2H3,(H,28,29)(H,30,31). The maximum atomic E-state index is 13.3. The zero-order valence-corrected chi connectivity index (χ0v) is 19.4. The highest BCUT2D eigenvalue weighted by atomic mass is 32.1. The van der Waals surface area contributed by atoms with E-state index in [9.17, 15) is 14.7 Å². The first-order valence-corrected chi connectivity index (χ1v) is 12.0. The van der Waals surface area contributed by atoms with Gasteiger partial charge in [0.25, 0.3) is 5.91 Å². The van der Waals surface area contributed by atoms with Crippen molar-refractivity contribution in [3.05, 3.63) is 81.0 Å². The van der Waals surface area contributed by atoms with Crippen LogP contribution in [-0.4, -0.2) is 23.0 Å². The summed E-state index contributed by atoms with van der Waals surface area (Å²) in [6, 6.07) is 18.8. The van der Waals surface area contributed by atoms with Gasteiger partial charge in [0.1, 0.15) is 0 Å². The van der Waals surface area contributed by atoms with Gasteiger partial charge in [-0.25, -0.2) is 0 Å². The molecule has 0 unspecified atom stereocenters. The van der Waals surface area contributed by atoms with Crippen LogP contribution < -0.4 is 5.32 Å². The number of carboxylic acids is 1. The van der Waals surface area contributed by atoms with Gasteiger partial charge in [-0.1, -0.05) is 54.6 Å². The Balaban J connectivity index is 1.57. The molecular weight excluding hydrogens is 418 g/mol. The van der Waals surface area contributed by atoms with Crippen LogP contribution in [0.3, 0.4) is 0 Å². The monoisotopic (exact) mass is 447 g/mol. The molecule has 32 heavy (non-hydrogen) atoms. The molecule has 0 saturated heterocycles. The first kappa shape index (κ1) is 22.3. The molecule has 0 aliphatic heterocycles. The lowest BCUT2D eigenvalue weighted by molar-refractivity contribution is -0.142. The van der Waals surface area contributed by atoms with Crippen LogP contribution >= 0.6 is 11.3 Å². The van der Waals surface area contributed by atoms with Gasteiger partial charge < -0.3 is 10.4 Å². The summed E-state index contributed by atoms with van der Waals surface area (Å²) in [5.74, 6) is -1.03. The number of amides is 1. The highest BCUT2D eigenvalue weighted by Gasteiger charge is 2.28. The van der Waals surface area contributed by atoms with Crippen LogP contribution in [0.15, 0.2) is 54.6 Å². The van der Waals surface area contributed by atoms with Crippen molar-refractivity contribution in [3.63, 3.8) is 0 Å². The van der Waals surface area contributed by atoms with Crippen LogP contribution in [-0.2, 0) is 11.2 Å². The van der Waals surface area contributed by atoms with Gasteiger partial charge in [-0.05, 0) is 68.2 Å². The molecule has 1 aliphatic rings. The number of hydrogen-bond acceptors (Lipinski definition) is 3. The van der Waals surface area contributed by atoms with Gasteiger partial charge in [0.15, 0.2) is 0 Å². The summed E-state index contributed by atoms with van der Waals surface area (Å²) in [6.45, 7) is 4.10. The highest BCUT2D eigenvalue weighted by Crippen LogP contribution is 2.33. The van der Waals surface area contributed by atoms with Crippen molar-refractivity contribution in [1.82, 2.24) is 5.32 Å². The Morgan fingerprint density at radius 1 is 0.938 bits per heavy atom. The second-order valence-electron chi connectivity index (χ2n) is 8.63. The first-order chi connectivity index (χ1) is 15.4. The van der Waals surface area contributed by atoms with E-state index in [0.717, 1.165) is 28.8 Å². The van der Waals surface area contributed by atoms with Gasteiger partial charge in [0, 0.05) is 15.8 Å². The van der Waals surface area contributed by atoms with Crippen molar-refractivity contribution in [1.29, 1.82) is 0 Å². The molecule has 4 nitrogen and oxygen atoms in total. The summed E-state index contributed by atoms with van der Waals surface area (Å²) in [5, 5.41) is 12.4. The molecular formula is C27H29NO3S. The molecule has 0 spiro atoms. The molecule has 1 aliphatic carbocycles. The molecule has 2 aromatic carbocycles. The predicted molar refractivity (Wildman–Crippen MR) is 129 cm³/mol. The molecule has 4 rings (SSSR count). The van der Waals surface area contributed by atoms with Gasteiger partial charge in [0.05, 0.1) is 11.5 Å². The van der Waals surface area contributed by atoms with Gasteiger partial charge in [-0.15, -0.1) is 11.3 Å². The SMILES string of the molecule is Cc1sc(C)c(C(=O)NC2CCC(C(=O)O)CC2)c1Cc1ccccc1-c1ccccc1. The van der Waals surface area contributed by atoms with Crippen molar-refractivity contribution in [2.75, 3.05) is 0 Å². The maximum absolute atomic E-state index is 13.3. The molecule has 5 heteroatoms. The lowest BCUT2D eigenvalue weighted by atomic mass is 9.86. The lowest BCUT2D eigenvalue weighted by Crippen LogP contribution is -2.39. The summed E-state index contributed by atoms with van der Waals surface area (Å²) in [4.78, 5) is 26.7. The molecule has 0 radical (unpaired) electrons. The zero-order valence-electron chi connectivity index (χ0n) is 18.6. The molecule has 0 bridgehead atoms. The molecule has 3 aromatic rings. The number of carbonyl (C=O) groups is 2. The van der Waals surface area contributed by atoms with E-state index in [-0.39, 0.29) is 17.9 Å². The summed E-state index contributed by atoms with van der Waals surface area (Å²) in [6.07, 6.45) is 3.39. The quantitative estimate of drug-likeness (QED) is 0.487. The number of hydrogen-bond donors (Lipinski definition) is 2. The van der Waals surface area contributed by atoms with E-state index in [2.05, 4.69) is 48.6 Å². The molecule has 1 aromatic heterocycles. The third kappa shape index (κ3) is 4.78. The normalized spacial score (nSPS) is 18.3. The second kappa shape index (κ2) is 9.70. The fraction of sp³-hybridized carbons (Fsp3) is 0.333. The number of rotatable bonds is 6. The van der Waals surface area contributed by atoms with Crippen LogP contribution in [0.25, 0.3) is 11.1 Å². The van der Waals surface area contributed by atoms with Crippen LogP contribution in [0.5, 0.6) is 0 Å². The minimum absolute atomic E-state index is 0.0298. The van der Waals surface area contributed by atoms with Crippen molar-refractivity contribution >= 4 is 23.2 Å². The largest absolute Gasteiger partial charge is 0.481 e. The highest BCUT2D eigenvalue weighted by molar-refractivity contribution is 7.12. The number of aryl methyl sites for hydroxylation is 2. The third-order valence-electron chi connectivity index (χ3n) is 6.49. The average Bonchev–Trinajstić information content (AvgIpc) is 3.07. The van der Waals surface area contributed by atoms with Gasteiger partial charge in [0.2, 0.25) is 0 Å². The number of aliphatic carboxylic acids is 1. The van der Waals surface area contributed by atoms with E-state index in [1.165, 1.54) is 21.6 Å². The number of carboxylic acid groups (broad SMARTS) is 1. The minimum atomic E-state index is -0.724. The van der Waals surface area contributed by atoms with E-state index >= 15 is 0 Å². The van der Waals surface area contributed by atoms with Crippen molar-refractivity contribution < 1.29 is 14.7 Å². The first-order valence-electron chi connectivity index (χ1n) is 11.2. The van der Waals surface area contributed by atoms with E-state index in [1.807, 2.05) is 25.1 Å². The summed E-state index contributed by atoms with van der Waals surface area (Å²) in [5.41, 5.74) is 5.45.